The van der Waals surface area contributed by atoms with E-state index in [2.05, 4.69) is 291 Å². The Kier molecular flexibility index (Phi) is 22.0. The summed E-state index contributed by atoms with van der Waals surface area (Å²) in [6.07, 6.45) is 8.42. The largest absolute Gasteiger partial charge is 2.00 e. The minimum Gasteiger partial charge on any atom is -0.557 e. The average molecular weight is 1860 g/mol. The molecular weight excluding hydrogens is 1800 g/mol. The normalized spacial score (nSPS) is 11.9. The van der Waals surface area contributed by atoms with E-state index in [4.69, 9.17) is 36.8 Å². The fourth-order valence-corrected chi connectivity index (χ4v) is 21.0. The van der Waals surface area contributed by atoms with Crippen LogP contribution in [0.25, 0.3) is 149 Å². The maximum Gasteiger partial charge on any atom is 2.00 e. The second-order valence-corrected chi connectivity index (χ2v) is 34.4. The molecule has 0 amide bonds. The van der Waals surface area contributed by atoms with Crippen LogP contribution in [0, 0.1) is 42.7 Å². The number of rotatable bonds is 12. The van der Waals surface area contributed by atoms with Gasteiger partial charge in [-0.25, -0.2) is 4.98 Å². The number of hydrogen-bond donors (Lipinski definition) is 0. The molecular formula is C113H66Cu3N7O6Si2-3. The van der Waals surface area contributed by atoms with Gasteiger partial charge in [-0.05, 0) is 93.2 Å². The van der Waals surface area contributed by atoms with Crippen LogP contribution in [0.2, 0.25) is 0 Å². The van der Waals surface area contributed by atoms with Crippen LogP contribution in [0.5, 0.6) is 11.5 Å². The molecule has 10 heterocycles. The molecule has 18 heteroatoms. The predicted octanol–water partition coefficient (Wildman–Crippen LogP) is 25.8. The van der Waals surface area contributed by atoms with Gasteiger partial charge in [-0.2, -0.15) is 4.98 Å². The zero-order chi connectivity index (χ0) is 84.9. The number of nitrogens with zero attached hydrogens (tertiary/aromatic N) is 7. The smallest absolute Gasteiger partial charge is 0.557 e. The van der Waals surface area contributed by atoms with Crippen molar-refractivity contribution in [1.82, 2.24) is 19.5 Å². The topological polar surface area (TPSA) is 128 Å². The molecule has 0 bridgehead atoms. The molecule has 633 valence electrons. The van der Waals surface area contributed by atoms with Gasteiger partial charge in [0.1, 0.15) is 34.7 Å². The Morgan fingerprint density at radius 2 is 1.05 bits per heavy atom. The predicted molar refractivity (Wildman–Crippen MR) is 516 cm³/mol. The van der Waals surface area contributed by atoms with Gasteiger partial charge < -0.3 is 41.2 Å². The number of benzene rings is 16. The molecule has 24 aromatic rings. The van der Waals surface area contributed by atoms with Crippen LogP contribution in [-0.4, -0.2) is 50.4 Å². The van der Waals surface area contributed by atoms with E-state index in [1.807, 2.05) is 157 Å². The monoisotopic (exact) mass is 1860 g/mol. The quantitative estimate of drug-likeness (QED) is 0.0656. The van der Waals surface area contributed by atoms with Gasteiger partial charge >= 0.3 is 45.9 Å². The number of para-hydroxylation sites is 6. The first-order valence-corrected chi connectivity index (χ1v) is 44.1. The molecule has 8 aromatic heterocycles. The summed E-state index contributed by atoms with van der Waals surface area (Å²) in [6, 6.07) is 144. The van der Waals surface area contributed by atoms with Crippen molar-refractivity contribution in [2.24, 2.45) is 0 Å². The summed E-state index contributed by atoms with van der Waals surface area (Å²) in [5.74, 6) is 3.23. The maximum absolute atomic E-state index is 6.71. The van der Waals surface area contributed by atoms with Gasteiger partial charge in [0.2, 0.25) is 0 Å². The Hall–Kier alpha value is -15.2. The van der Waals surface area contributed by atoms with Gasteiger partial charge in [-0.1, -0.05) is 257 Å². The zero-order valence-corrected chi connectivity index (χ0v) is 74.3. The summed E-state index contributed by atoms with van der Waals surface area (Å²) in [4.78, 5) is 21.1. The molecule has 0 saturated heterocycles. The van der Waals surface area contributed by atoms with Crippen LogP contribution in [0.1, 0.15) is 11.1 Å². The van der Waals surface area contributed by atoms with Gasteiger partial charge in [0.05, 0.1) is 37.9 Å². The Labute approximate surface area is 789 Å². The van der Waals surface area contributed by atoms with Crippen molar-refractivity contribution >= 4 is 184 Å². The minimum absolute atomic E-state index is 0. The van der Waals surface area contributed by atoms with E-state index < -0.39 is 8.80 Å². The Morgan fingerprint density at radius 3 is 1.81 bits per heavy atom. The van der Waals surface area contributed by atoms with E-state index in [9.17, 15) is 0 Å². The molecule has 0 saturated carbocycles. The first kappa shape index (κ1) is 82.8. The number of fused-ring (bicyclic) bond motifs is 14. The number of aromatic nitrogens is 4. The van der Waals surface area contributed by atoms with Crippen LogP contribution < -0.4 is 35.0 Å². The van der Waals surface area contributed by atoms with E-state index in [1.54, 1.807) is 12.5 Å². The number of oxazole rings is 1. The van der Waals surface area contributed by atoms with Crippen molar-refractivity contribution in [3.05, 3.63) is 430 Å². The van der Waals surface area contributed by atoms with E-state index in [0.29, 0.717) is 28.9 Å². The number of pyridine rings is 2. The summed E-state index contributed by atoms with van der Waals surface area (Å²) in [5, 5.41) is 15.4. The van der Waals surface area contributed by atoms with E-state index in [0.717, 1.165) is 188 Å². The Morgan fingerprint density at radius 1 is 0.427 bits per heavy atom. The first-order valence-electron chi connectivity index (χ1n) is 42.0. The fraction of sp³-hybridized carbons (Fsp3) is 0.00885. The zero-order valence-electron chi connectivity index (χ0n) is 69.4. The van der Waals surface area contributed by atoms with Gasteiger partial charge in [0.15, 0.2) is 5.58 Å². The summed E-state index contributed by atoms with van der Waals surface area (Å²) in [5.41, 5.74) is 21.1. The van der Waals surface area contributed by atoms with Crippen LogP contribution in [0.15, 0.2) is 399 Å². The van der Waals surface area contributed by atoms with Gasteiger partial charge in [0, 0.05) is 80.1 Å². The van der Waals surface area contributed by atoms with E-state index in [1.165, 1.54) is 20.9 Å². The van der Waals surface area contributed by atoms with Crippen molar-refractivity contribution in [2.75, 3.05) is 21.7 Å². The average Bonchev–Trinajstić information content (AvgIpc) is 1.71. The summed E-state index contributed by atoms with van der Waals surface area (Å²) >= 11 is 0. The molecule has 0 spiro atoms. The fourth-order valence-electron chi connectivity index (χ4n) is 17.9. The SMILES string of the molecule is CN1c2cc3cccc(-c4[c-]oc5ccccc45)c3[c-]c2N(c2nc3c(-c4[c-]cccc4)coc3o2)c2ccccc21.[Cu+2].[Cu+2].[Cu].[SiH]=C(c1ccccc1)c1coc2ccc(-n3c4[c-]c5c(-c6[c-]cccc6)cccc5cc4c4ccccc43)nc12.[c-]1c2c(cc3cccc(-c4ccccn4)c13)Oc1ccccc1N2c1[c-]c2c([Si](c3ccccc3)c3ccccc3)cccc2o1. The summed E-state index contributed by atoms with van der Waals surface area (Å²) in [6.45, 7) is 0. The number of ether oxygens (including phenoxy) is 1. The Balaban J connectivity index is 0.000000118. The third-order valence-electron chi connectivity index (χ3n) is 23.9. The molecule has 2 aliphatic rings. The van der Waals surface area contributed by atoms with Crippen LogP contribution in [0.4, 0.5) is 46.0 Å². The van der Waals surface area contributed by atoms with Gasteiger partial charge in [0.25, 0.3) is 0 Å². The van der Waals surface area contributed by atoms with Crippen molar-refractivity contribution in [1.29, 1.82) is 0 Å². The molecule has 2 aliphatic heterocycles. The molecule has 0 atom stereocenters. The molecule has 13 nitrogen and oxygen atoms in total. The molecule has 0 unspecified atom stereocenters. The third kappa shape index (κ3) is 14.6. The molecule has 16 aromatic carbocycles. The second kappa shape index (κ2) is 34.8. The minimum atomic E-state index is -1.35. The number of hydrogen-bond acceptors (Lipinski definition) is 12. The van der Waals surface area contributed by atoms with E-state index in [-0.39, 0.29) is 51.2 Å². The first-order chi connectivity index (χ1) is 63.3. The van der Waals surface area contributed by atoms with Crippen molar-refractivity contribution in [3.8, 4) is 62.0 Å². The van der Waals surface area contributed by atoms with Crippen molar-refractivity contribution in [2.45, 2.75) is 0 Å². The van der Waals surface area contributed by atoms with Crippen LogP contribution >= 0.6 is 0 Å². The summed E-state index contributed by atoms with van der Waals surface area (Å²) < 4.78 is 39.3. The van der Waals surface area contributed by atoms with Gasteiger partial charge in [-0.3, -0.25) is 9.88 Å². The van der Waals surface area contributed by atoms with E-state index >= 15 is 0 Å². The molecule has 26 rings (SSSR count). The van der Waals surface area contributed by atoms with Crippen molar-refractivity contribution < 1.29 is 78.0 Å². The number of furan rings is 4. The van der Waals surface area contributed by atoms with Crippen LogP contribution in [-0.2, 0) is 51.2 Å². The number of anilines is 8. The van der Waals surface area contributed by atoms with Gasteiger partial charge in [-0.15, -0.1) is 180 Å². The molecule has 0 fully saturated rings. The third-order valence-corrected chi connectivity index (χ3v) is 27.3. The standard InChI is InChI=1S/C41H25N2O2Si.C36H20N3O3.C36H21N2OSi.3Cu/c1-3-14-29(15-4-1)46(30-16-5-2-6-17-30)40-23-12-22-37-33(40)27-41(45-37)43-35-20-7-8-21-38(35)44-39-25-28-13-11-18-31(32(28)26-36(39)43)34-19-9-10-24-42-34;1-38-29-15-6-7-16-30(29)39(36-37-34-27(20-41-35(34)42-36)22-10-3-2-4-11-22)32-19-26-23(18-31(32)38)12-9-14-24(26)28-21-40-33-17-8-5-13-25(28)33;40-36(24-12-5-2-6-13-24)30-22-39-33-18-19-34(37-35(30)33)38-31-17-8-7-15-27(31)29-20-25-14-9-16-26(28(25)21-32(29)38)23-10-3-1-4-11-23;;;/h1-25H;2-10,12-18,20H,1H3;1-10,12-20,22,40H;;;/q-2;-3;-2;;2*+2. The maximum atomic E-state index is 6.71. The Bertz CT molecular complexity index is 8420. The van der Waals surface area contributed by atoms with Crippen molar-refractivity contribution in [3.63, 3.8) is 0 Å². The molecule has 131 heavy (non-hydrogen) atoms. The summed E-state index contributed by atoms with van der Waals surface area (Å²) in [7, 11) is 3.59. The molecule has 0 aliphatic carbocycles. The van der Waals surface area contributed by atoms with Crippen LogP contribution in [0.3, 0.4) is 0 Å². The molecule has 5 radical (unpaired) electrons. The second-order valence-electron chi connectivity index (χ2n) is 31.4. The molecule has 0 N–H and O–H groups in total.